The highest BCUT2D eigenvalue weighted by Gasteiger charge is 2.47. The Labute approximate surface area is 79.6 Å². The molecule has 0 aromatic carbocycles. The van der Waals surface area contributed by atoms with E-state index < -0.39 is 18.9 Å². The molecule has 1 unspecified atom stereocenters. The van der Waals surface area contributed by atoms with Crippen molar-refractivity contribution >= 4 is 6.09 Å². The van der Waals surface area contributed by atoms with Crippen LogP contribution in [0.3, 0.4) is 0 Å². The molecule has 1 fully saturated rings. The summed E-state index contributed by atoms with van der Waals surface area (Å²) in [5, 5.41) is 2.36. The van der Waals surface area contributed by atoms with Crippen molar-refractivity contribution in [3.05, 3.63) is 0 Å². The molecule has 1 rings (SSSR count). The first-order chi connectivity index (χ1) is 6.21. The van der Waals surface area contributed by atoms with Crippen LogP contribution in [0, 0.1) is 5.41 Å². The van der Waals surface area contributed by atoms with Gasteiger partial charge < -0.3 is 10.1 Å². The Hall–Kier alpha value is -0.940. The average Bonchev–Trinajstić information content (AvgIpc) is 2.53. The smallest absolute Gasteiger partial charge is 0.422 e. The summed E-state index contributed by atoms with van der Waals surface area (Å²) >= 11 is 0. The Morgan fingerprint density at radius 2 is 2.07 bits per heavy atom. The summed E-state index contributed by atoms with van der Waals surface area (Å²) in [5.74, 6) is 0. The van der Waals surface area contributed by atoms with Gasteiger partial charge in [-0.2, -0.15) is 13.2 Å². The monoisotopic (exact) mass is 211 g/mol. The van der Waals surface area contributed by atoms with Crippen LogP contribution in [0.25, 0.3) is 0 Å². The molecule has 0 heterocycles. The maximum absolute atomic E-state index is 11.6. The van der Waals surface area contributed by atoms with Gasteiger partial charge in [0.2, 0.25) is 0 Å². The predicted molar refractivity (Wildman–Crippen MR) is 42.7 cm³/mol. The van der Waals surface area contributed by atoms with Crippen molar-refractivity contribution in [3.8, 4) is 0 Å². The van der Waals surface area contributed by atoms with Gasteiger partial charge >= 0.3 is 12.3 Å². The Morgan fingerprint density at radius 1 is 1.57 bits per heavy atom. The van der Waals surface area contributed by atoms with Gasteiger partial charge in [-0.05, 0) is 11.8 Å². The first-order valence-corrected chi connectivity index (χ1v) is 4.21. The lowest BCUT2D eigenvalue weighted by atomic mass is 10.2. The number of hydrogen-bond acceptors (Lipinski definition) is 2. The highest BCUT2D eigenvalue weighted by atomic mass is 19.4. The van der Waals surface area contributed by atoms with Crippen molar-refractivity contribution in [1.29, 1.82) is 0 Å². The molecule has 1 aliphatic carbocycles. The Balaban J connectivity index is 2.18. The SMILES string of the molecule is CC1(C)CC1NC(=O)OCC(F)(F)F. The zero-order valence-corrected chi connectivity index (χ0v) is 7.94. The van der Waals surface area contributed by atoms with Crippen molar-refractivity contribution in [2.45, 2.75) is 32.5 Å². The van der Waals surface area contributed by atoms with Crippen LogP contribution in [0.2, 0.25) is 0 Å². The van der Waals surface area contributed by atoms with Crippen LogP contribution in [0.4, 0.5) is 18.0 Å². The number of amides is 1. The van der Waals surface area contributed by atoms with Crippen molar-refractivity contribution in [2.75, 3.05) is 6.61 Å². The quantitative estimate of drug-likeness (QED) is 0.759. The highest BCUT2D eigenvalue weighted by Crippen LogP contribution is 2.44. The number of nitrogens with one attached hydrogen (secondary N) is 1. The molecule has 0 aromatic heterocycles. The Bertz CT molecular complexity index is 237. The van der Waals surface area contributed by atoms with Crippen molar-refractivity contribution in [3.63, 3.8) is 0 Å². The van der Waals surface area contributed by atoms with E-state index in [0.29, 0.717) is 0 Å². The summed E-state index contributed by atoms with van der Waals surface area (Å²) in [5.41, 5.74) is -0.0166. The topological polar surface area (TPSA) is 38.3 Å². The van der Waals surface area contributed by atoms with Crippen LogP contribution < -0.4 is 5.32 Å². The fourth-order valence-corrected chi connectivity index (χ4v) is 1.04. The van der Waals surface area contributed by atoms with E-state index in [0.717, 1.165) is 6.42 Å². The van der Waals surface area contributed by atoms with Crippen LogP contribution in [-0.4, -0.2) is 24.9 Å². The molecule has 0 bridgehead atoms. The predicted octanol–water partition coefficient (Wildman–Crippen LogP) is 2.07. The molecule has 1 amide bonds. The second kappa shape index (κ2) is 3.33. The van der Waals surface area contributed by atoms with E-state index in [1.54, 1.807) is 0 Å². The van der Waals surface area contributed by atoms with Gasteiger partial charge in [-0.15, -0.1) is 0 Å². The van der Waals surface area contributed by atoms with E-state index in [1.807, 2.05) is 13.8 Å². The number of carbonyl (C=O) groups is 1. The molecule has 1 aliphatic rings. The molecule has 14 heavy (non-hydrogen) atoms. The molecule has 1 N–H and O–H groups in total. The molecule has 3 nitrogen and oxygen atoms in total. The third-order valence-corrected chi connectivity index (χ3v) is 2.17. The number of ether oxygens (including phenoxy) is 1. The standard InChI is InChI=1S/C8H12F3NO2/c1-7(2)3-5(7)12-6(13)14-4-8(9,10)11/h5H,3-4H2,1-2H3,(H,12,13). The summed E-state index contributed by atoms with van der Waals surface area (Å²) in [4.78, 5) is 10.8. The van der Waals surface area contributed by atoms with Crippen molar-refractivity contribution in [1.82, 2.24) is 5.32 Å². The van der Waals surface area contributed by atoms with E-state index in [-0.39, 0.29) is 11.5 Å². The van der Waals surface area contributed by atoms with Gasteiger partial charge in [0.1, 0.15) is 0 Å². The van der Waals surface area contributed by atoms with Gasteiger partial charge in [0.05, 0.1) is 0 Å². The van der Waals surface area contributed by atoms with E-state index in [4.69, 9.17) is 0 Å². The van der Waals surface area contributed by atoms with Crippen molar-refractivity contribution in [2.24, 2.45) is 5.41 Å². The summed E-state index contributed by atoms with van der Waals surface area (Å²) in [6, 6.07) is -0.0665. The molecule has 82 valence electrons. The van der Waals surface area contributed by atoms with E-state index in [1.165, 1.54) is 0 Å². The van der Waals surface area contributed by atoms with Gasteiger partial charge in [-0.25, -0.2) is 4.79 Å². The van der Waals surface area contributed by atoms with Crippen LogP contribution >= 0.6 is 0 Å². The van der Waals surface area contributed by atoms with Gasteiger partial charge in [0.25, 0.3) is 0 Å². The van der Waals surface area contributed by atoms with E-state index >= 15 is 0 Å². The minimum absolute atomic E-state index is 0.0166. The fourth-order valence-electron chi connectivity index (χ4n) is 1.04. The first kappa shape index (κ1) is 11.1. The third-order valence-electron chi connectivity index (χ3n) is 2.17. The molecule has 0 radical (unpaired) electrons. The number of carbonyl (C=O) groups excluding carboxylic acids is 1. The third kappa shape index (κ3) is 3.43. The Morgan fingerprint density at radius 3 is 2.43 bits per heavy atom. The number of alkyl carbamates (subject to hydrolysis) is 1. The minimum atomic E-state index is -4.46. The largest absolute Gasteiger partial charge is 0.440 e. The first-order valence-electron chi connectivity index (χ1n) is 4.21. The minimum Gasteiger partial charge on any atom is -0.440 e. The zero-order chi connectivity index (χ0) is 11.0. The summed E-state index contributed by atoms with van der Waals surface area (Å²) in [6.07, 6.45) is -4.69. The molecule has 0 aromatic rings. The summed E-state index contributed by atoms with van der Waals surface area (Å²) in [7, 11) is 0. The second-order valence-corrected chi connectivity index (χ2v) is 4.08. The molecule has 1 atom stereocenters. The van der Waals surface area contributed by atoms with Crippen LogP contribution in [0.15, 0.2) is 0 Å². The zero-order valence-electron chi connectivity index (χ0n) is 7.94. The van der Waals surface area contributed by atoms with E-state index in [9.17, 15) is 18.0 Å². The maximum Gasteiger partial charge on any atom is 0.422 e. The molecule has 0 saturated heterocycles. The molecule has 6 heteroatoms. The summed E-state index contributed by atoms with van der Waals surface area (Å²) < 4.78 is 38.8. The van der Waals surface area contributed by atoms with Gasteiger partial charge in [0.15, 0.2) is 6.61 Å². The lowest BCUT2D eigenvalue weighted by molar-refractivity contribution is -0.160. The number of hydrogen-bond donors (Lipinski definition) is 1. The Kier molecular flexibility index (Phi) is 2.65. The van der Waals surface area contributed by atoms with Crippen LogP contribution in [0.5, 0.6) is 0 Å². The average molecular weight is 211 g/mol. The van der Waals surface area contributed by atoms with E-state index in [2.05, 4.69) is 10.1 Å². The molecular formula is C8H12F3NO2. The lowest BCUT2D eigenvalue weighted by Gasteiger charge is -2.09. The number of rotatable bonds is 2. The normalized spacial score (nSPS) is 24.2. The number of alkyl halides is 3. The molecular weight excluding hydrogens is 199 g/mol. The maximum atomic E-state index is 11.6. The molecule has 1 saturated carbocycles. The van der Waals surface area contributed by atoms with Crippen LogP contribution in [-0.2, 0) is 4.74 Å². The van der Waals surface area contributed by atoms with Gasteiger partial charge in [-0.3, -0.25) is 0 Å². The van der Waals surface area contributed by atoms with Gasteiger partial charge in [0, 0.05) is 6.04 Å². The lowest BCUT2D eigenvalue weighted by Crippen LogP contribution is -2.32. The highest BCUT2D eigenvalue weighted by molar-refractivity contribution is 5.68. The molecule has 0 aliphatic heterocycles. The van der Waals surface area contributed by atoms with Gasteiger partial charge in [-0.1, -0.05) is 13.8 Å². The van der Waals surface area contributed by atoms with Crippen LogP contribution in [0.1, 0.15) is 20.3 Å². The van der Waals surface area contributed by atoms with Crippen molar-refractivity contribution < 1.29 is 22.7 Å². The number of halogens is 3. The fraction of sp³-hybridized carbons (Fsp3) is 0.875. The summed E-state index contributed by atoms with van der Waals surface area (Å²) in [6.45, 7) is 2.30. The second-order valence-electron chi connectivity index (χ2n) is 4.08. The molecule has 0 spiro atoms.